The number of ether oxygens (including phenoxy) is 2. The molecule has 19 heavy (non-hydrogen) atoms. The lowest BCUT2D eigenvalue weighted by Crippen LogP contribution is -1.97. The summed E-state index contributed by atoms with van der Waals surface area (Å²) in [6.45, 7) is 1.41. The number of thiazole rings is 1. The second-order valence-corrected chi connectivity index (χ2v) is 5.09. The van der Waals surface area contributed by atoms with Gasteiger partial charge in [-0.05, 0) is 23.8 Å². The fraction of sp³-hybridized carbons (Fsp3) is 0.214. The Morgan fingerprint density at radius 3 is 2.79 bits per heavy atom. The summed E-state index contributed by atoms with van der Waals surface area (Å²) in [6, 6.07) is 5.92. The largest absolute Gasteiger partial charge is 0.490 e. The first-order valence-corrected chi connectivity index (χ1v) is 6.98. The number of aromatic nitrogens is 1. The van der Waals surface area contributed by atoms with Crippen molar-refractivity contribution in [1.29, 1.82) is 0 Å². The van der Waals surface area contributed by atoms with Gasteiger partial charge >= 0.3 is 0 Å². The Kier molecular flexibility index (Phi) is 3.37. The smallest absolute Gasteiger partial charge is 0.180 e. The number of fused-ring (bicyclic) bond motifs is 1. The molecule has 0 saturated carbocycles. The number of nitrogen functional groups attached to an aromatic ring is 1. The van der Waals surface area contributed by atoms with Crippen molar-refractivity contribution in [1.82, 2.24) is 4.98 Å². The fourth-order valence-electron chi connectivity index (χ4n) is 1.84. The van der Waals surface area contributed by atoms with Crippen LogP contribution in [0.15, 0.2) is 23.6 Å². The molecule has 0 unspecified atom stereocenters. The van der Waals surface area contributed by atoms with Gasteiger partial charge in [0.2, 0.25) is 0 Å². The SMILES string of the molecule is Nc1nc(C=Cc2ccc3c(c2)OCCCO3)cs1. The normalized spacial score (nSPS) is 14.5. The zero-order valence-corrected chi connectivity index (χ0v) is 11.2. The highest BCUT2D eigenvalue weighted by atomic mass is 32.1. The predicted molar refractivity (Wildman–Crippen MR) is 77.5 cm³/mol. The lowest BCUT2D eigenvalue weighted by Gasteiger charge is -2.07. The number of rotatable bonds is 2. The van der Waals surface area contributed by atoms with E-state index in [-0.39, 0.29) is 0 Å². The molecule has 0 fully saturated rings. The maximum atomic E-state index is 5.65. The summed E-state index contributed by atoms with van der Waals surface area (Å²) in [7, 11) is 0. The number of hydrogen-bond acceptors (Lipinski definition) is 5. The first kappa shape index (κ1) is 12.0. The van der Waals surface area contributed by atoms with Gasteiger partial charge in [0.05, 0.1) is 18.9 Å². The molecule has 0 saturated heterocycles. The molecule has 1 aliphatic heterocycles. The summed E-state index contributed by atoms with van der Waals surface area (Å²) < 4.78 is 11.2. The van der Waals surface area contributed by atoms with Crippen LogP contribution >= 0.6 is 11.3 Å². The number of hydrogen-bond donors (Lipinski definition) is 1. The van der Waals surface area contributed by atoms with Gasteiger partial charge in [0, 0.05) is 11.8 Å². The molecule has 1 aromatic carbocycles. The van der Waals surface area contributed by atoms with E-state index < -0.39 is 0 Å². The zero-order valence-electron chi connectivity index (χ0n) is 10.3. The third kappa shape index (κ3) is 2.88. The lowest BCUT2D eigenvalue weighted by molar-refractivity contribution is 0.297. The standard InChI is InChI=1S/C14H14N2O2S/c15-14-16-11(9-19-14)4-2-10-3-5-12-13(8-10)18-7-1-6-17-12/h2-5,8-9H,1,6-7H2,(H2,15,16). The average Bonchev–Trinajstić information content (AvgIpc) is 2.70. The van der Waals surface area contributed by atoms with E-state index in [9.17, 15) is 0 Å². The Hall–Kier alpha value is -2.01. The van der Waals surface area contributed by atoms with Crippen LogP contribution in [0.4, 0.5) is 5.13 Å². The molecule has 1 aliphatic rings. The molecule has 2 aromatic rings. The van der Waals surface area contributed by atoms with Gasteiger partial charge in [-0.25, -0.2) is 4.98 Å². The van der Waals surface area contributed by atoms with E-state index >= 15 is 0 Å². The van der Waals surface area contributed by atoms with Gasteiger partial charge in [-0.3, -0.25) is 0 Å². The van der Waals surface area contributed by atoms with E-state index in [1.54, 1.807) is 0 Å². The maximum Gasteiger partial charge on any atom is 0.180 e. The molecule has 0 aliphatic carbocycles. The van der Waals surface area contributed by atoms with Gasteiger partial charge < -0.3 is 15.2 Å². The minimum absolute atomic E-state index is 0.582. The third-order valence-corrected chi connectivity index (χ3v) is 3.45. The molecule has 2 N–H and O–H groups in total. The summed E-state index contributed by atoms with van der Waals surface area (Å²) in [5.41, 5.74) is 7.51. The fourth-order valence-corrected chi connectivity index (χ4v) is 2.37. The van der Waals surface area contributed by atoms with E-state index in [0.717, 1.165) is 29.2 Å². The highest BCUT2D eigenvalue weighted by Crippen LogP contribution is 2.31. The first-order valence-electron chi connectivity index (χ1n) is 6.10. The molecule has 4 nitrogen and oxygen atoms in total. The van der Waals surface area contributed by atoms with Crippen LogP contribution in [0, 0.1) is 0 Å². The minimum atomic E-state index is 0.582. The van der Waals surface area contributed by atoms with Gasteiger partial charge in [-0.2, -0.15) is 0 Å². The van der Waals surface area contributed by atoms with Gasteiger partial charge in [0.25, 0.3) is 0 Å². The average molecular weight is 274 g/mol. The van der Waals surface area contributed by atoms with Crippen molar-refractivity contribution in [3.63, 3.8) is 0 Å². The highest BCUT2D eigenvalue weighted by molar-refractivity contribution is 7.13. The van der Waals surface area contributed by atoms with Crippen molar-refractivity contribution in [3.05, 3.63) is 34.8 Å². The van der Waals surface area contributed by atoms with Gasteiger partial charge in [0.15, 0.2) is 16.6 Å². The van der Waals surface area contributed by atoms with E-state index in [2.05, 4.69) is 4.98 Å². The maximum absolute atomic E-state index is 5.65. The van der Waals surface area contributed by atoms with Crippen molar-refractivity contribution >= 4 is 28.6 Å². The third-order valence-electron chi connectivity index (χ3n) is 2.76. The van der Waals surface area contributed by atoms with Crippen LogP contribution in [-0.2, 0) is 0 Å². The molecule has 98 valence electrons. The summed E-state index contributed by atoms with van der Waals surface area (Å²) in [6.07, 6.45) is 4.84. The van der Waals surface area contributed by atoms with Crippen LogP contribution < -0.4 is 15.2 Å². The van der Waals surface area contributed by atoms with Gasteiger partial charge in [-0.15, -0.1) is 11.3 Å². The molecule has 5 heteroatoms. The number of nitrogens with two attached hydrogens (primary N) is 1. The van der Waals surface area contributed by atoms with E-state index in [1.807, 2.05) is 35.7 Å². The Morgan fingerprint density at radius 1 is 1.16 bits per heavy atom. The van der Waals surface area contributed by atoms with Crippen LogP contribution in [0.1, 0.15) is 17.7 Å². The van der Waals surface area contributed by atoms with Crippen LogP contribution in [0.5, 0.6) is 11.5 Å². The number of anilines is 1. The van der Waals surface area contributed by atoms with Gasteiger partial charge in [-0.1, -0.05) is 12.1 Å². The Morgan fingerprint density at radius 2 is 2.00 bits per heavy atom. The molecule has 0 spiro atoms. The predicted octanol–water partition coefficient (Wildman–Crippen LogP) is 3.06. The molecular weight excluding hydrogens is 260 g/mol. The summed E-state index contributed by atoms with van der Waals surface area (Å²) in [5.74, 6) is 1.62. The number of nitrogens with zero attached hydrogens (tertiary/aromatic N) is 1. The molecule has 0 atom stereocenters. The molecular formula is C14H14N2O2S. The molecule has 0 amide bonds. The van der Waals surface area contributed by atoms with E-state index in [0.29, 0.717) is 18.3 Å². The molecule has 1 aromatic heterocycles. The quantitative estimate of drug-likeness (QED) is 0.914. The molecule has 0 radical (unpaired) electrons. The monoisotopic (exact) mass is 274 g/mol. The van der Waals surface area contributed by atoms with Crippen LogP contribution in [-0.4, -0.2) is 18.2 Å². The Labute approximate surface area is 115 Å². The van der Waals surface area contributed by atoms with Crippen molar-refractivity contribution in [2.75, 3.05) is 18.9 Å². The van der Waals surface area contributed by atoms with Crippen molar-refractivity contribution in [3.8, 4) is 11.5 Å². The minimum Gasteiger partial charge on any atom is -0.490 e. The zero-order chi connectivity index (χ0) is 13.1. The molecule has 2 heterocycles. The Balaban J connectivity index is 1.82. The van der Waals surface area contributed by atoms with Crippen LogP contribution in [0.3, 0.4) is 0 Å². The van der Waals surface area contributed by atoms with Crippen molar-refractivity contribution in [2.45, 2.75) is 6.42 Å². The molecule has 3 rings (SSSR count). The van der Waals surface area contributed by atoms with E-state index in [4.69, 9.17) is 15.2 Å². The topological polar surface area (TPSA) is 57.4 Å². The number of benzene rings is 1. The molecule has 0 bridgehead atoms. The summed E-state index contributed by atoms with van der Waals surface area (Å²) >= 11 is 1.44. The summed E-state index contributed by atoms with van der Waals surface area (Å²) in [4.78, 5) is 4.18. The van der Waals surface area contributed by atoms with Crippen LogP contribution in [0.25, 0.3) is 12.2 Å². The van der Waals surface area contributed by atoms with Crippen LogP contribution in [0.2, 0.25) is 0 Å². The summed E-state index contributed by atoms with van der Waals surface area (Å²) in [5, 5.41) is 2.51. The van der Waals surface area contributed by atoms with Crippen molar-refractivity contribution in [2.24, 2.45) is 0 Å². The van der Waals surface area contributed by atoms with E-state index in [1.165, 1.54) is 11.3 Å². The first-order chi connectivity index (χ1) is 9.31. The van der Waals surface area contributed by atoms with Gasteiger partial charge in [0.1, 0.15) is 0 Å². The van der Waals surface area contributed by atoms with Crippen molar-refractivity contribution < 1.29 is 9.47 Å². The second kappa shape index (κ2) is 5.32. The Bertz CT molecular complexity index is 607. The highest BCUT2D eigenvalue weighted by Gasteiger charge is 2.09. The lowest BCUT2D eigenvalue weighted by atomic mass is 10.2. The second-order valence-electron chi connectivity index (χ2n) is 4.20.